The molecule has 1 aliphatic heterocycles. The van der Waals surface area contributed by atoms with Crippen LogP contribution in [0.2, 0.25) is 0 Å². The Labute approximate surface area is 225 Å². The minimum Gasteiger partial charge on any atom is -0.467 e. The molecule has 9 nitrogen and oxygen atoms in total. The number of thiazole rings is 1. The number of furan rings is 1. The van der Waals surface area contributed by atoms with Crippen LogP contribution in [-0.4, -0.2) is 51.4 Å². The number of hydrogen-bond acceptors (Lipinski definition) is 8. The second-order valence-electron chi connectivity index (χ2n) is 9.50. The second-order valence-corrected chi connectivity index (χ2v) is 14.5. The van der Waals surface area contributed by atoms with Gasteiger partial charge in [-0.2, -0.15) is 4.31 Å². The number of sulfone groups is 1. The highest BCUT2D eigenvalue weighted by molar-refractivity contribution is 7.90. The Bertz CT molecular complexity index is 1680. The Hall–Kier alpha value is -3.06. The SMILES string of the molecule is CC1CCCN(S(=O)(=O)c2ccc(C(=O)N(Cc3ccco3)c3nc4ccc(S(C)(=O)=O)cc4s3)cc2)C1. The molecule has 0 saturated carbocycles. The second kappa shape index (κ2) is 10.3. The average molecular weight is 574 g/mol. The van der Waals surface area contributed by atoms with E-state index in [-0.39, 0.29) is 22.2 Å². The van der Waals surface area contributed by atoms with Gasteiger partial charge in [-0.25, -0.2) is 21.8 Å². The van der Waals surface area contributed by atoms with E-state index in [9.17, 15) is 21.6 Å². The first-order valence-corrected chi connectivity index (χ1v) is 16.2. The van der Waals surface area contributed by atoms with Crippen molar-refractivity contribution in [3.8, 4) is 0 Å². The number of rotatable bonds is 7. The van der Waals surface area contributed by atoms with Crippen LogP contribution in [-0.2, 0) is 26.4 Å². The molecule has 2 aromatic heterocycles. The Kier molecular flexibility index (Phi) is 7.16. The van der Waals surface area contributed by atoms with Crippen LogP contribution < -0.4 is 4.90 Å². The first-order chi connectivity index (χ1) is 18.0. The molecule has 0 aliphatic carbocycles. The van der Waals surface area contributed by atoms with Crippen LogP contribution in [0.15, 0.2) is 75.1 Å². The monoisotopic (exact) mass is 573 g/mol. The van der Waals surface area contributed by atoms with E-state index < -0.39 is 19.9 Å². The zero-order valence-corrected chi connectivity index (χ0v) is 23.4. The quantitative estimate of drug-likeness (QED) is 0.318. The van der Waals surface area contributed by atoms with Crippen molar-refractivity contribution in [3.63, 3.8) is 0 Å². The Balaban J connectivity index is 1.47. The topological polar surface area (TPSA) is 118 Å². The molecule has 38 heavy (non-hydrogen) atoms. The van der Waals surface area contributed by atoms with Crippen molar-refractivity contribution in [1.82, 2.24) is 9.29 Å². The highest BCUT2D eigenvalue weighted by Crippen LogP contribution is 2.33. The van der Waals surface area contributed by atoms with Crippen molar-refractivity contribution in [2.75, 3.05) is 24.2 Å². The van der Waals surface area contributed by atoms with Gasteiger partial charge in [-0.05, 0) is 73.4 Å². The summed E-state index contributed by atoms with van der Waals surface area (Å²) in [5, 5.41) is 0.367. The molecule has 1 saturated heterocycles. The van der Waals surface area contributed by atoms with E-state index in [1.54, 1.807) is 24.3 Å². The highest BCUT2D eigenvalue weighted by atomic mass is 32.2. The number of amides is 1. The molecule has 5 rings (SSSR count). The molecule has 1 aliphatic rings. The van der Waals surface area contributed by atoms with E-state index in [0.29, 0.717) is 45.7 Å². The summed E-state index contributed by atoms with van der Waals surface area (Å²) in [6, 6.07) is 14.0. The number of fused-ring (bicyclic) bond motifs is 1. The van der Waals surface area contributed by atoms with E-state index in [1.807, 2.05) is 6.92 Å². The molecule has 4 aromatic rings. The van der Waals surface area contributed by atoms with Crippen molar-refractivity contribution < 1.29 is 26.0 Å². The molecule has 12 heteroatoms. The third kappa shape index (κ3) is 5.39. The lowest BCUT2D eigenvalue weighted by molar-refractivity contribution is 0.0983. The van der Waals surface area contributed by atoms with Crippen molar-refractivity contribution in [3.05, 3.63) is 72.2 Å². The molecule has 0 bridgehead atoms. The zero-order valence-electron chi connectivity index (χ0n) is 20.9. The highest BCUT2D eigenvalue weighted by Gasteiger charge is 2.29. The van der Waals surface area contributed by atoms with Gasteiger partial charge in [0.25, 0.3) is 5.91 Å². The third-order valence-electron chi connectivity index (χ3n) is 6.51. The Morgan fingerprint density at radius 3 is 2.50 bits per heavy atom. The van der Waals surface area contributed by atoms with Crippen LogP contribution in [0.3, 0.4) is 0 Å². The first-order valence-electron chi connectivity index (χ1n) is 12.1. The lowest BCUT2D eigenvalue weighted by Gasteiger charge is -2.30. The summed E-state index contributed by atoms with van der Waals surface area (Å²) in [6.07, 6.45) is 4.48. The first kappa shape index (κ1) is 26.5. The number of nitrogens with zero attached hydrogens (tertiary/aromatic N) is 3. The number of carbonyl (C=O) groups excluding carboxylic acids is 1. The molecular weight excluding hydrogens is 547 g/mol. The fraction of sp³-hybridized carbons (Fsp3) is 0.308. The molecular formula is C26H27N3O6S3. The maximum Gasteiger partial charge on any atom is 0.260 e. The normalized spacial score (nSPS) is 17.1. The van der Waals surface area contributed by atoms with Crippen LogP contribution in [0.1, 0.15) is 35.9 Å². The molecule has 1 amide bonds. The summed E-state index contributed by atoms with van der Waals surface area (Å²) < 4.78 is 57.9. The van der Waals surface area contributed by atoms with Crippen LogP contribution >= 0.6 is 11.3 Å². The number of carbonyl (C=O) groups is 1. The van der Waals surface area contributed by atoms with Gasteiger partial charge in [0.05, 0.1) is 32.8 Å². The fourth-order valence-corrected chi connectivity index (χ4v) is 7.79. The van der Waals surface area contributed by atoms with Gasteiger partial charge in [-0.1, -0.05) is 18.3 Å². The molecule has 200 valence electrons. The lowest BCUT2D eigenvalue weighted by Crippen LogP contribution is -2.39. The van der Waals surface area contributed by atoms with Crippen LogP contribution in [0.5, 0.6) is 0 Å². The third-order valence-corrected chi connectivity index (χ3v) is 10.5. The minimum absolute atomic E-state index is 0.0936. The van der Waals surface area contributed by atoms with Gasteiger partial charge in [0.2, 0.25) is 10.0 Å². The summed E-state index contributed by atoms with van der Waals surface area (Å²) in [6.45, 7) is 3.11. The number of anilines is 1. The molecule has 1 unspecified atom stereocenters. The largest absolute Gasteiger partial charge is 0.467 e. The van der Waals surface area contributed by atoms with Crippen LogP contribution in [0.4, 0.5) is 5.13 Å². The molecule has 0 N–H and O–H groups in total. The van der Waals surface area contributed by atoms with E-state index in [4.69, 9.17) is 4.42 Å². The van der Waals surface area contributed by atoms with Crippen molar-refractivity contribution in [1.29, 1.82) is 0 Å². The fourth-order valence-electron chi connectivity index (χ4n) is 4.46. The van der Waals surface area contributed by atoms with E-state index in [2.05, 4.69) is 4.98 Å². The summed E-state index contributed by atoms with van der Waals surface area (Å²) in [7, 11) is -7.05. The summed E-state index contributed by atoms with van der Waals surface area (Å²) >= 11 is 1.19. The molecule has 1 atom stereocenters. The molecule has 2 aromatic carbocycles. The summed E-state index contributed by atoms with van der Waals surface area (Å²) in [4.78, 5) is 20.0. The Morgan fingerprint density at radius 2 is 1.84 bits per heavy atom. The van der Waals surface area contributed by atoms with Crippen molar-refractivity contribution in [2.24, 2.45) is 5.92 Å². The number of aromatic nitrogens is 1. The number of hydrogen-bond donors (Lipinski definition) is 0. The average Bonchev–Trinajstić information content (AvgIpc) is 3.55. The van der Waals surface area contributed by atoms with Gasteiger partial charge in [0.1, 0.15) is 5.76 Å². The molecule has 3 heterocycles. The Morgan fingerprint density at radius 1 is 1.11 bits per heavy atom. The smallest absolute Gasteiger partial charge is 0.260 e. The maximum absolute atomic E-state index is 13.7. The number of benzene rings is 2. The van der Waals surface area contributed by atoms with E-state index in [1.165, 1.54) is 57.1 Å². The van der Waals surface area contributed by atoms with Gasteiger partial charge in [-0.3, -0.25) is 9.69 Å². The van der Waals surface area contributed by atoms with Gasteiger partial charge in [0.15, 0.2) is 15.0 Å². The van der Waals surface area contributed by atoms with Gasteiger partial charge in [0, 0.05) is 24.9 Å². The van der Waals surface area contributed by atoms with Crippen molar-refractivity contribution >= 4 is 52.5 Å². The zero-order chi connectivity index (χ0) is 27.1. The van der Waals surface area contributed by atoms with Crippen LogP contribution in [0, 0.1) is 5.92 Å². The minimum atomic E-state index is -3.65. The van der Waals surface area contributed by atoms with Gasteiger partial charge < -0.3 is 4.42 Å². The van der Waals surface area contributed by atoms with Crippen molar-refractivity contribution in [2.45, 2.75) is 36.1 Å². The maximum atomic E-state index is 13.7. The summed E-state index contributed by atoms with van der Waals surface area (Å²) in [5.74, 6) is 0.448. The molecule has 0 spiro atoms. The van der Waals surface area contributed by atoms with E-state index >= 15 is 0 Å². The predicted octanol–water partition coefficient (Wildman–Crippen LogP) is 4.56. The number of sulfonamides is 1. The number of piperidine rings is 1. The van der Waals surface area contributed by atoms with Crippen LogP contribution in [0.25, 0.3) is 10.2 Å². The van der Waals surface area contributed by atoms with Gasteiger partial charge >= 0.3 is 0 Å². The van der Waals surface area contributed by atoms with E-state index in [0.717, 1.165) is 19.1 Å². The standard InChI is InChI=1S/C26H27N3O6S3/c1-18-5-3-13-28(16-18)38(33,34)21-9-7-19(8-10-21)25(30)29(17-20-6-4-14-35-20)26-27-23-12-11-22(37(2,31)32)15-24(23)36-26/h4,6-12,14-15,18H,3,5,13,16-17H2,1-2H3. The lowest BCUT2D eigenvalue weighted by atomic mass is 10.0. The molecule has 0 radical (unpaired) electrons. The molecule has 1 fully saturated rings. The predicted molar refractivity (Wildman–Crippen MR) is 146 cm³/mol. The summed E-state index contributed by atoms with van der Waals surface area (Å²) in [5.41, 5.74) is 0.852. The van der Waals surface area contributed by atoms with Gasteiger partial charge in [-0.15, -0.1) is 0 Å².